The van der Waals surface area contributed by atoms with Crippen LogP contribution in [0.5, 0.6) is 0 Å². The molecule has 0 saturated heterocycles. The normalized spacial score (nSPS) is 18.6. The highest BCUT2D eigenvalue weighted by atomic mass is 19.3. The molecule has 0 radical (unpaired) electrons. The zero-order valence-electron chi connectivity index (χ0n) is 9.53. The summed E-state index contributed by atoms with van der Waals surface area (Å²) in [5, 5.41) is 3.28. The molecule has 1 atom stereocenters. The van der Waals surface area contributed by atoms with Crippen molar-refractivity contribution in [2.75, 3.05) is 19.8 Å². The third kappa shape index (κ3) is 3.44. The molecule has 17 heavy (non-hydrogen) atoms. The Hall–Kier alpha value is -1.07. The van der Waals surface area contributed by atoms with Crippen LogP contribution in [0.3, 0.4) is 0 Å². The van der Waals surface area contributed by atoms with E-state index in [0.29, 0.717) is 13.2 Å². The summed E-state index contributed by atoms with van der Waals surface area (Å²) in [6.45, 7) is 0.400. The molecule has 0 fully saturated rings. The van der Waals surface area contributed by atoms with Crippen molar-refractivity contribution in [3.63, 3.8) is 0 Å². The van der Waals surface area contributed by atoms with E-state index in [-0.39, 0.29) is 6.04 Å². The van der Waals surface area contributed by atoms with E-state index in [4.69, 9.17) is 4.74 Å². The number of aromatic nitrogens is 1. The maximum absolute atomic E-state index is 11.8. The highest BCUT2D eigenvalue weighted by Gasteiger charge is 2.22. The molecule has 0 aromatic carbocycles. The summed E-state index contributed by atoms with van der Waals surface area (Å²) in [7, 11) is 0. The fourth-order valence-electron chi connectivity index (χ4n) is 2.09. The van der Waals surface area contributed by atoms with E-state index in [2.05, 4.69) is 16.4 Å². The molecule has 1 unspecified atom stereocenters. The van der Waals surface area contributed by atoms with Crippen LogP contribution in [-0.4, -0.2) is 31.2 Å². The first kappa shape index (κ1) is 12.4. The number of hydrogen-bond donors (Lipinski definition) is 1. The predicted molar refractivity (Wildman–Crippen MR) is 60.1 cm³/mol. The summed E-state index contributed by atoms with van der Waals surface area (Å²) >= 11 is 0. The molecule has 1 aliphatic carbocycles. The number of aryl methyl sites for hydroxylation is 1. The van der Waals surface area contributed by atoms with Gasteiger partial charge in [-0.15, -0.1) is 0 Å². The molecule has 1 N–H and O–H groups in total. The summed E-state index contributed by atoms with van der Waals surface area (Å²) in [5.74, 6) is 0. The number of nitrogens with zero attached hydrogens (tertiary/aromatic N) is 1. The molecule has 1 aromatic rings. The van der Waals surface area contributed by atoms with Gasteiger partial charge in [-0.1, -0.05) is 6.07 Å². The Balaban J connectivity index is 1.71. The summed E-state index contributed by atoms with van der Waals surface area (Å²) in [5.41, 5.74) is 2.36. The van der Waals surface area contributed by atoms with E-state index in [1.165, 1.54) is 5.56 Å². The number of hydrogen-bond acceptors (Lipinski definition) is 3. The maximum atomic E-state index is 11.8. The molecular formula is C12H16F2N2O. The lowest BCUT2D eigenvalue weighted by atomic mass is 10.2. The van der Waals surface area contributed by atoms with Gasteiger partial charge in [0.15, 0.2) is 0 Å². The predicted octanol–water partition coefficient (Wildman–Crippen LogP) is 1.94. The van der Waals surface area contributed by atoms with Gasteiger partial charge in [-0.3, -0.25) is 4.98 Å². The molecule has 0 aliphatic heterocycles. The van der Waals surface area contributed by atoms with Gasteiger partial charge in [0.1, 0.15) is 6.61 Å². The Morgan fingerprint density at radius 1 is 1.53 bits per heavy atom. The standard InChI is InChI=1S/C12H16F2N2O/c13-11(14)8-17-7-6-15-10-4-3-9-2-1-5-16-12(9)10/h1-2,5,10-11,15H,3-4,6-8H2. The van der Waals surface area contributed by atoms with Crippen molar-refractivity contribution in [1.29, 1.82) is 0 Å². The quantitative estimate of drug-likeness (QED) is 0.774. The monoisotopic (exact) mass is 242 g/mol. The fourth-order valence-corrected chi connectivity index (χ4v) is 2.09. The number of pyridine rings is 1. The molecule has 2 rings (SSSR count). The van der Waals surface area contributed by atoms with Gasteiger partial charge in [-0.2, -0.15) is 0 Å². The van der Waals surface area contributed by atoms with E-state index in [1.54, 1.807) is 6.20 Å². The van der Waals surface area contributed by atoms with Crippen molar-refractivity contribution in [3.8, 4) is 0 Å². The number of rotatable bonds is 6. The Labute approximate surface area is 99.2 Å². The van der Waals surface area contributed by atoms with Gasteiger partial charge in [-0.05, 0) is 24.5 Å². The van der Waals surface area contributed by atoms with Crippen molar-refractivity contribution in [3.05, 3.63) is 29.6 Å². The lowest BCUT2D eigenvalue weighted by Gasteiger charge is -2.12. The molecule has 0 amide bonds. The molecule has 1 heterocycles. The number of ether oxygens (including phenoxy) is 1. The van der Waals surface area contributed by atoms with Gasteiger partial charge in [0.05, 0.1) is 18.3 Å². The molecule has 5 heteroatoms. The third-order valence-corrected chi connectivity index (χ3v) is 2.84. The number of fused-ring (bicyclic) bond motifs is 1. The minimum Gasteiger partial charge on any atom is -0.374 e. The fraction of sp³-hybridized carbons (Fsp3) is 0.583. The van der Waals surface area contributed by atoms with Gasteiger partial charge in [0, 0.05) is 12.7 Å². The molecule has 1 aliphatic rings. The molecular weight excluding hydrogens is 226 g/mol. The van der Waals surface area contributed by atoms with E-state index in [0.717, 1.165) is 18.5 Å². The van der Waals surface area contributed by atoms with Crippen LogP contribution >= 0.6 is 0 Å². The van der Waals surface area contributed by atoms with Crippen LogP contribution in [0.15, 0.2) is 18.3 Å². The second-order valence-electron chi connectivity index (χ2n) is 4.06. The average Bonchev–Trinajstić information content (AvgIpc) is 2.72. The van der Waals surface area contributed by atoms with Crippen LogP contribution in [0.25, 0.3) is 0 Å². The number of alkyl halides is 2. The third-order valence-electron chi connectivity index (χ3n) is 2.84. The van der Waals surface area contributed by atoms with E-state index < -0.39 is 13.0 Å². The van der Waals surface area contributed by atoms with E-state index in [1.807, 2.05) is 6.07 Å². The van der Waals surface area contributed by atoms with Crippen LogP contribution in [0.2, 0.25) is 0 Å². The van der Waals surface area contributed by atoms with Gasteiger partial charge in [-0.25, -0.2) is 8.78 Å². The van der Waals surface area contributed by atoms with Crippen molar-refractivity contribution >= 4 is 0 Å². The highest BCUT2D eigenvalue weighted by molar-refractivity contribution is 5.27. The molecule has 0 bridgehead atoms. The largest absolute Gasteiger partial charge is 0.374 e. The molecule has 94 valence electrons. The first-order chi connectivity index (χ1) is 8.27. The zero-order valence-corrected chi connectivity index (χ0v) is 9.53. The highest BCUT2D eigenvalue weighted by Crippen LogP contribution is 2.28. The average molecular weight is 242 g/mol. The van der Waals surface area contributed by atoms with Crippen LogP contribution < -0.4 is 5.32 Å². The second-order valence-corrected chi connectivity index (χ2v) is 4.06. The topological polar surface area (TPSA) is 34.1 Å². The second kappa shape index (κ2) is 6.02. The Kier molecular flexibility index (Phi) is 4.39. The van der Waals surface area contributed by atoms with Crippen LogP contribution in [0, 0.1) is 0 Å². The van der Waals surface area contributed by atoms with Crippen LogP contribution in [0.4, 0.5) is 8.78 Å². The van der Waals surface area contributed by atoms with E-state index >= 15 is 0 Å². The Morgan fingerprint density at radius 3 is 3.24 bits per heavy atom. The van der Waals surface area contributed by atoms with Crippen molar-refractivity contribution < 1.29 is 13.5 Å². The summed E-state index contributed by atoms with van der Waals surface area (Å²) in [6, 6.07) is 4.26. The summed E-state index contributed by atoms with van der Waals surface area (Å²) < 4.78 is 28.4. The van der Waals surface area contributed by atoms with Crippen molar-refractivity contribution in [1.82, 2.24) is 10.3 Å². The lowest BCUT2D eigenvalue weighted by molar-refractivity contribution is 0.0182. The van der Waals surface area contributed by atoms with Crippen molar-refractivity contribution in [2.24, 2.45) is 0 Å². The van der Waals surface area contributed by atoms with Gasteiger partial charge < -0.3 is 10.1 Å². The molecule has 0 saturated carbocycles. The van der Waals surface area contributed by atoms with E-state index in [9.17, 15) is 8.78 Å². The molecule has 3 nitrogen and oxygen atoms in total. The van der Waals surface area contributed by atoms with Gasteiger partial charge in [0.2, 0.25) is 0 Å². The molecule has 0 spiro atoms. The van der Waals surface area contributed by atoms with Crippen LogP contribution in [-0.2, 0) is 11.2 Å². The Morgan fingerprint density at radius 2 is 2.41 bits per heavy atom. The van der Waals surface area contributed by atoms with Crippen molar-refractivity contribution in [2.45, 2.75) is 25.3 Å². The minimum absolute atomic E-state index is 0.237. The van der Waals surface area contributed by atoms with Crippen LogP contribution in [0.1, 0.15) is 23.7 Å². The smallest absolute Gasteiger partial charge is 0.261 e. The SMILES string of the molecule is FC(F)COCCNC1CCc2cccnc21. The van der Waals surface area contributed by atoms with Gasteiger partial charge in [0.25, 0.3) is 6.43 Å². The Bertz CT molecular complexity index is 360. The maximum Gasteiger partial charge on any atom is 0.261 e. The minimum atomic E-state index is -2.39. The summed E-state index contributed by atoms with van der Waals surface area (Å²) in [4.78, 5) is 4.34. The lowest BCUT2D eigenvalue weighted by Crippen LogP contribution is -2.25. The molecule has 1 aromatic heterocycles. The number of halogens is 2. The number of nitrogens with one attached hydrogen (secondary N) is 1. The first-order valence-electron chi connectivity index (χ1n) is 5.80. The summed E-state index contributed by atoms with van der Waals surface area (Å²) in [6.07, 6.45) is 1.44. The zero-order chi connectivity index (χ0) is 12.1. The first-order valence-corrected chi connectivity index (χ1v) is 5.80. The van der Waals surface area contributed by atoms with Gasteiger partial charge >= 0.3 is 0 Å².